The third-order valence-electron chi connectivity index (χ3n) is 2.88. The van der Waals surface area contributed by atoms with Crippen LogP contribution in [0.15, 0.2) is 16.5 Å². The summed E-state index contributed by atoms with van der Waals surface area (Å²) in [6.07, 6.45) is 0. The molecular weight excluding hydrogens is 218 g/mol. The van der Waals surface area contributed by atoms with Crippen molar-refractivity contribution >= 4 is 5.91 Å². The summed E-state index contributed by atoms with van der Waals surface area (Å²) in [4.78, 5) is 13.6. The van der Waals surface area contributed by atoms with Gasteiger partial charge < -0.3 is 14.4 Å². The maximum Gasteiger partial charge on any atom is 0.228 e. The Morgan fingerprint density at radius 1 is 1.47 bits per heavy atom. The molecule has 1 rings (SSSR count). The van der Waals surface area contributed by atoms with Gasteiger partial charge in [-0.2, -0.15) is 0 Å². The van der Waals surface area contributed by atoms with Gasteiger partial charge in [0.15, 0.2) is 0 Å². The molecular formula is C13H21NO3. The normalized spacial score (nSPS) is 12.8. The number of carbonyl (C=O) groups excluding carboxylic acids is 1. The topological polar surface area (TPSA) is 53.7 Å². The van der Waals surface area contributed by atoms with Crippen LogP contribution in [0, 0.1) is 18.8 Å². The fourth-order valence-electron chi connectivity index (χ4n) is 1.74. The second kappa shape index (κ2) is 5.87. The molecule has 1 atom stereocenters. The summed E-state index contributed by atoms with van der Waals surface area (Å²) in [7, 11) is 1.73. The number of furan rings is 1. The van der Waals surface area contributed by atoms with E-state index in [4.69, 9.17) is 4.42 Å². The van der Waals surface area contributed by atoms with Gasteiger partial charge in [-0.25, -0.2) is 0 Å². The molecule has 0 radical (unpaired) electrons. The number of hydrogen-bond acceptors (Lipinski definition) is 3. The lowest BCUT2D eigenvalue weighted by Crippen LogP contribution is -2.36. The first kappa shape index (κ1) is 13.8. The number of hydrogen-bond donors (Lipinski definition) is 1. The Hall–Kier alpha value is -1.29. The van der Waals surface area contributed by atoms with Crippen LogP contribution < -0.4 is 0 Å². The number of nitrogens with zero attached hydrogens (tertiary/aromatic N) is 1. The molecule has 1 heterocycles. The van der Waals surface area contributed by atoms with Crippen molar-refractivity contribution in [2.75, 3.05) is 13.7 Å². The second-order valence-corrected chi connectivity index (χ2v) is 4.74. The maximum atomic E-state index is 12.1. The highest BCUT2D eigenvalue weighted by atomic mass is 16.3. The lowest BCUT2D eigenvalue weighted by molar-refractivity contribution is -0.137. The predicted molar refractivity (Wildman–Crippen MR) is 65.3 cm³/mol. The standard InChI is InChI=1S/C13H21NO3/c1-9(2)12(8-15)13(16)14(4)7-11-6-5-10(3)17-11/h5-6,9,12,15H,7-8H2,1-4H3. The summed E-state index contributed by atoms with van der Waals surface area (Å²) in [5, 5.41) is 9.22. The molecule has 1 aromatic heterocycles. The smallest absolute Gasteiger partial charge is 0.228 e. The van der Waals surface area contributed by atoms with E-state index >= 15 is 0 Å². The van der Waals surface area contributed by atoms with Crippen LogP contribution in [0.5, 0.6) is 0 Å². The Labute approximate surface area is 102 Å². The zero-order chi connectivity index (χ0) is 13.0. The zero-order valence-corrected chi connectivity index (χ0v) is 10.9. The fraction of sp³-hybridized carbons (Fsp3) is 0.615. The Kier molecular flexibility index (Phi) is 4.75. The van der Waals surface area contributed by atoms with E-state index in [1.807, 2.05) is 32.9 Å². The fourth-order valence-corrected chi connectivity index (χ4v) is 1.74. The molecule has 1 aromatic rings. The zero-order valence-electron chi connectivity index (χ0n) is 10.9. The van der Waals surface area contributed by atoms with E-state index in [1.165, 1.54) is 0 Å². The molecule has 0 aliphatic carbocycles. The number of amides is 1. The van der Waals surface area contributed by atoms with E-state index in [9.17, 15) is 9.90 Å². The Morgan fingerprint density at radius 3 is 2.53 bits per heavy atom. The number of carbonyl (C=O) groups is 1. The third kappa shape index (κ3) is 3.60. The van der Waals surface area contributed by atoms with Crippen LogP contribution in [-0.4, -0.2) is 29.6 Å². The van der Waals surface area contributed by atoms with Gasteiger partial charge in [0.25, 0.3) is 0 Å². The van der Waals surface area contributed by atoms with Gasteiger partial charge in [0.2, 0.25) is 5.91 Å². The number of aryl methyl sites for hydroxylation is 1. The van der Waals surface area contributed by atoms with Crippen LogP contribution in [0.2, 0.25) is 0 Å². The van der Waals surface area contributed by atoms with Crippen LogP contribution in [-0.2, 0) is 11.3 Å². The van der Waals surface area contributed by atoms with Crippen molar-refractivity contribution in [2.45, 2.75) is 27.3 Å². The van der Waals surface area contributed by atoms with Crippen molar-refractivity contribution in [2.24, 2.45) is 11.8 Å². The molecule has 0 spiro atoms. The number of aliphatic hydroxyl groups is 1. The largest absolute Gasteiger partial charge is 0.464 e. The van der Waals surface area contributed by atoms with E-state index in [0.717, 1.165) is 11.5 Å². The molecule has 17 heavy (non-hydrogen) atoms. The van der Waals surface area contributed by atoms with Crippen LogP contribution in [0.1, 0.15) is 25.4 Å². The molecule has 4 heteroatoms. The molecule has 0 fully saturated rings. The third-order valence-corrected chi connectivity index (χ3v) is 2.88. The number of aliphatic hydroxyl groups excluding tert-OH is 1. The summed E-state index contributed by atoms with van der Waals surface area (Å²) in [6.45, 7) is 6.07. The number of rotatable bonds is 5. The summed E-state index contributed by atoms with van der Waals surface area (Å²) >= 11 is 0. The van der Waals surface area contributed by atoms with Crippen LogP contribution in [0.25, 0.3) is 0 Å². The first-order valence-electron chi connectivity index (χ1n) is 5.86. The minimum atomic E-state index is -0.337. The van der Waals surface area contributed by atoms with Crippen molar-refractivity contribution in [1.29, 1.82) is 0 Å². The molecule has 96 valence electrons. The van der Waals surface area contributed by atoms with E-state index in [0.29, 0.717) is 6.54 Å². The van der Waals surface area contributed by atoms with Crippen molar-refractivity contribution in [3.63, 3.8) is 0 Å². The van der Waals surface area contributed by atoms with Gasteiger partial charge in [0, 0.05) is 7.05 Å². The van der Waals surface area contributed by atoms with Crippen LogP contribution >= 0.6 is 0 Å². The average Bonchev–Trinajstić information content (AvgIpc) is 2.64. The Balaban J connectivity index is 2.63. The van der Waals surface area contributed by atoms with Crippen LogP contribution in [0.4, 0.5) is 0 Å². The summed E-state index contributed by atoms with van der Waals surface area (Å²) in [5.74, 6) is 1.35. The average molecular weight is 239 g/mol. The van der Waals surface area contributed by atoms with E-state index in [-0.39, 0.29) is 24.3 Å². The van der Waals surface area contributed by atoms with Gasteiger partial charge in [0.05, 0.1) is 19.1 Å². The van der Waals surface area contributed by atoms with Crippen molar-refractivity contribution in [3.05, 3.63) is 23.7 Å². The molecule has 0 aromatic carbocycles. The molecule has 0 aliphatic heterocycles. The first-order valence-corrected chi connectivity index (χ1v) is 5.86. The quantitative estimate of drug-likeness (QED) is 0.852. The molecule has 1 amide bonds. The minimum absolute atomic E-state index is 0.0449. The highest BCUT2D eigenvalue weighted by molar-refractivity contribution is 5.78. The molecule has 1 unspecified atom stereocenters. The van der Waals surface area contributed by atoms with Gasteiger partial charge in [-0.05, 0) is 25.0 Å². The first-order chi connectivity index (χ1) is 7.95. The Morgan fingerprint density at radius 2 is 2.12 bits per heavy atom. The van der Waals surface area contributed by atoms with Gasteiger partial charge in [-0.1, -0.05) is 13.8 Å². The van der Waals surface area contributed by atoms with E-state index in [1.54, 1.807) is 11.9 Å². The second-order valence-electron chi connectivity index (χ2n) is 4.74. The van der Waals surface area contributed by atoms with Crippen molar-refractivity contribution in [3.8, 4) is 0 Å². The highest BCUT2D eigenvalue weighted by Gasteiger charge is 2.24. The van der Waals surface area contributed by atoms with Gasteiger partial charge >= 0.3 is 0 Å². The molecule has 4 nitrogen and oxygen atoms in total. The van der Waals surface area contributed by atoms with Crippen LogP contribution in [0.3, 0.4) is 0 Å². The van der Waals surface area contributed by atoms with E-state index in [2.05, 4.69) is 0 Å². The summed E-state index contributed by atoms with van der Waals surface area (Å²) in [5.41, 5.74) is 0. The van der Waals surface area contributed by atoms with Crippen molar-refractivity contribution in [1.82, 2.24) is 4.90 Å². The van der Waals surface area contributed by atoms with E-state index < -0.39 is 0 Å². The summed E-state index contributed by atoms with van der Waals surface area (Å²) in [6, 6.07) is 3.74. The minimum Gasteiger partial charge on any atom is -0.464 e. The van der Waals surface area contributed by atoms with Gasteiger partial charge in [0.1, 0.15) is 11.5 Å². The van der Waals surface area contributed by atoms with Gasteiger partial charge in [-0.15, -0.1) is 0 Å². The monoisotopic (exact) mass is 239 g/mol. The Bertz CT molecular complexity index is 370. The molecule has 0 bridgehead atoms. The SMILES string of the molecule is Cc1ccc(CN(C)C(=O)C(CO)C(C)C)o1. The molecule has 0 aliphatic rings. The molecule has 0 saturated carbocycles. The maximum absolute atomic E-state index is 12.1. The summed E-state index contributed by atoms with van der Waals surface area (Å²) < 4.78 is 5.42. The lowest BCUT2D eigenvalue weighted by Gasteiger charge is -2.24. The lowest BCUT2D eigenvalue weighted by atomic mass is 9.95. The molecule has 1 N–H and O–H groups in total. The van der Waals surface area contributed by atoms with Crippen molar-refractivity contribution < 1.29 is 14.3 Å². The highest BCUT2D eigenvalue weighted by Crippen LogP contribution is 2.15. The predicted octanol–water partition coefficient (Wildman–Crippen LogP) is 1.81. The molecule has 0 saturated heterocycles. The van der Waals surface area contributed by atoms with Gasteiger partial charge in [-0.3, -0.25) is 4.79 Å².